The number of nitrogens with zero attached hydrogens (tertiary/aromatic N) is 1. The van der Waals surface area contributed by atoms with Crippen LogP contribution in [0.5, 0.6) is 0 Å². The topological polar surface area (TPSA) is 70.0 Å². The Labute approximate surface area is 119 Å². The number of carbonyl (C=O) groups is 1. The maximum Gasteiger partial charge on any atom is 0.488 e. The third-order valence-electron chi connectivity index (χ3n) is 3.21. The molecule has 0 bridgehead atoms. The third kappa shape index (κ3) is 3.52. The molecule has 1 fully saturated rings. The summed E-state index contributed by atoms with van der Waals surface area (Å²) in [6.07, 6.45) is -0.299. The van der Waals surface area contributed by atoms with Gasteiger partial charge in [-0.2, -0.15) is 0 Å². The summed E-state index contributed by atoms with van der Waals surface area (Å²) in [5.41, 5.74) is 0.997. The van der Waals surface area contributed by atoms with Gasteiger partial charge < -0.3 is 19.7 Å². The summed E-state index contributed by atoms with van der Waals surface area (Å²) >= 11 is 0. The van der Waals surface area contributed by atoms with Gasteiger partial charge in [0.15, 0.2) is 0 Å². The van der Waals surface area contributed by atoms with Crippen LogP contribution >= 0.6 is 0 Å². The van der Waals surface area contributed by atoms with E-state index in [1.165, 1.54) is 0 Å². The van der Waals surface area contributed by atoms with Crippen LogP contribution < -0.4 is 5.46 Å². The molecule has 1 heterocycles. The van der Waals surface area contributed by atoms with Gasteiger partial charge in [0.2, 0.25) is 0 Å². The lowest BCUT2D eigenvalue weighted by atomic mass is 9.77. The smallest absolute Gasteiger partial charge is 0.444 e. The number of hydrogen-bond acceptors (Lipinski definition) is 4. The van der Waals surface area contributed by atoms with Crippen LogP contribution in [0.3, 0.4) is 0 Å². The second-order valence-corrected chi connectivity index (χ2v) is 6.13. The zero-order valence-corrected chi connectivity index (χ0v) is 12.0. The largest absolute Gasteiger partial charge is 0.488 e. The number of carbonyl (C=O) groups excluding carboxylic acids is 1. The fourth-order valence-electron chi connectivity index (χ4n) is 2.14. The van der Waals surface area contributed by atoms with Crippen molar-refractivity contribution in [2.45, 2.75) is 32.3 Å². The average Bonchev–Trinajstić information content (AvgIpc) is 2.24. The molecule has 5 nitrogen and oxygen atoms in total. The van der Waals surface area contributed by atoms with Crippen LogP contribution in [0.15, 0.2) is 24.3 Å². The van der Waals surface area contributed by atoms with E-state index >= 15 is 0 Å². The molecule has 1 aromatic carbocycles. The number of benzene rings is 1. The van der Waals surface area contributed by atoms with E-state index in [0.717, 1.165) is 5.56 Å². The van der Waals surface area contributed by atoms with Crippen molar-refractivity contribution < 1.29 is 19.6 Å². The molecule has 0 atom stereocenters. The first-order valence-corrected chi connectivity index (χ1v) is 6.70. The highest BCUT2D eigenvalue weighted by Gasteiger charge is 2.34. The number of amides is 1. The summed E-state index contributed by atoms with van der Waals surface area (Å²) in [6, 6.07) is 7.16. The summed E-state index contributed by atoms with van der Waals surface area (Å²) < 4.78 is 5.29. The summed E-state index contributed by atoms with van der Waals surface area (Å²) in [6.45, 7) is 6.72. The molecule has 0 unspecified atom stereocenters. The Bertz CT molecular complexity index is 492. The van der Waals surface area contributed by atoms with Crippen molar-refractivity contribution in [3.8, 4) is 0 Å². The van der Waals surface area contributed by atoms with Gasteiger partial charge in [0.25, 0.3) is 0 Å². The molecule has 6 heteroatoms. The molecule has 2 rings (SSSR count). The fourth-order valence-corrected chi connectivity index (χ4v) is 2.14. The van der Waals surface area contributed by atoms with E-state index in [9.17, 15) is 4.79 Å². The molecule has 0 aliphatic carbocycles. The van der Waals surface area contributed by atoms with Crippen LogP contribution in [-0.2, 0) is 4.74 Å². The van der Waals surface area contributed by atoms with Crippen molar-refractivity contribution in [3.05, 3.63) is 29.8 Å². The van der Waals surface area contributed by atoms with E-state index in [1.807, 2.05) is 26.8 Å². The second-order valence-electron chi connectivity index (χ2n) is 6.13. The molecule has 1 aliphatic rings. The minimum atomic E-state index is -1.46. The Morgan fingerprint density at radius 3 is 2.55 bits per heavy atom. The van der Waals surface area contributed by atoms with Crippen molar-refractivity contribution in [1.82, 2.24) is 4.90 Å². The van der Waals surface area contributed by atoms with E-state index in [-0.39, 0.29) is 12.0 Å². The average molecular weight is 277 g/mol. The SMILES string of the molecule is CC(C)(C)OC(=O)N1CC(c2cccc(B(O)O)c2)C1. The van der Waals surface area contributed by atoms with Crippen LogP contribution in [0.1, 0.15) is 32.3 Å². The highest BCUT2D eigenvalue weighted by molar-refractivity contribution is 6.58. The number of likely N-dealkylation sites (tertiary alicyclic amines) is 1. The maximum atomic E-state index is 11.8. The summed E-state index contributed by atoms with van der Waals surface area (Å²) in [7, 11) is -1.46. The molecule has 1 amide bonds. The first kappa shape index (κ1) is 14.9. The van der Waals surface area contributed by atoms with Gasteiger partial charge in [0, 0.05) is 19.0 Å². The van der Waals surface area contributed by atoms with Gasteiger partial charge in [-0.15, -0.1) is 0 Å². The van der Waals surface area contributed by atoms with Crippen LogP contribution in [0.2, 0.25) is 0 Å². The molecule has 20 heavy (non-hydrogen) atoms. The van der Waals surface area contributed by atoms with E-state index in [1.54, 1.807) is 23.1 Å². The van der Waals surface area contributed by atoms with Crippen LogP contribution in [-0.4, -0.2) is 46.9 Å². The molecule has 0 aromatic heterocycles. The Kier molecular flexibility index (Phi) is 4.06. The molecule has 1 aliphatic heterocycles. The molecule has 2 N–H and O–H groups in total. The minimum absolute atomic E-state index is 0.223. The molecule has 1 saturated heterocycles. The predicted molar refractivity (Wildman–Crippen MR) is 76.8 cm³/mol. The second kappa shape index (κ2) is 5.46. The molecular formula is C14H20BNO4. The fraction of sp³-hybridized carbons (Fsp3) is 0.500. The summed E-state index contributed by atoms with van der Waals surface area (Å²) in [4.78, 5) is 13.5. The van der Waals surface area contributed by atoms with Crippen LogP contribution in [0.4, 0.5) is 4.79 Å². The van der Waals surface area contributed by atoms with Gasteiger partial charge >= 0.3 is 13.2 Å². The van der Waals surface area contributed by atoms with E-state index in [2.05, 4.69) is 0 Å². The highest BCUT2D eigenvalue weighted by Crippen LogP contribution is 2.27. The highest BCUT2D eigenvalue weighted by atomic mass is 16.6. The van der Waals surface area contributed by atoms with Gasteiger partial charge in [-0.05, 0) is 31.8 Å². The summed E-state index contributed by atoms with van der Waals surface area (Å²) in [5.74, 6) is 0.223. The number of hydrogen-bond donors (Lipinski definition) is 2. The van der Waals surface area contributed by atoms with Crippen molar-refractivity contribution in [3.63, 3.8) is 0 Å². The van der Waals surface area contributed by atoms with Crippen molar-refractivity contribution in [1.29, 1.82) is 0 Å². The van der Waals surface area contributed by atoms with Crippen molar-refractivity contribution in [2.24, 2.45) is 0 Å². The first-order valence-electron chi connectivity index (χ1n) is 6.70. The zero-order chi connectivity index (χ0) is 14.9. The molecule has 0 spiro atoms. The van der Waals surface area contributed by atoms with Gasteiger partial charge in [-0.3, -0.25) is 0 Å². The van der Waals surface area contributed by atoms with Crippen molar-refractivity contribution in [2.75, 3.05) is 13.1 Å². The monoisotopic (exact) mass is 277 g/mol. The Balaban J connectivity index is 1.93. The summed E-state index contributed by atoms with van der Waals surface area (Å²) in [5, 5.41) is 18.3. The molecule has 0 radical (unpaired) electrons. The van der Waals surface area contributed by atoms with E-state index in [4.69, 9.17) is 14.8 Å². The van der Waals surface area contributed by atoms with Gasteiger partial charge in [-0.1, -0.05) is 24.3 Å². The molecule has 0 saturated carbocycles. The zero-order valence-electron chi connectivity index (χ0n) is 12.0. The molecule has 108 valence electrons. The predicted octanol–water partition coefficient (Wildman–Crippen LogP) is 0.701. The lowest BCUT2D eigenvalue weighted by Crippen LogP contribution is -2.50. The first-order chi connectivity index (χ1) is 9.26. The van der Waals surface area contributed by atoms with Gasteiger partial charge in [0.1, 0.15) is 5.60 Å². The third-order valence-corrected chi connectivity index (χ3v) is 3.21. The lowest BCUT2D eigenvalue weighted by molar-refractivity contribution is 0.00820. The Hall–Kier alpha value is -1.53. The standard InChI is InChI=1S/C14H20BNO4/c1-14(2,3)20-13(17)16-8-11(9-16)10-5-4-6-12(7-10)15(18)19/h4-7,11,18-19H,8-9H2,1-3H3. The Morgan fingerprint density at radius 2 is 2.00 bits per heavy atom. The molecular weight excluding hydrogens is 257 g/mol. The van der Waals surface area contributed by atoms with Crippen LogP contribution in [0.25, 0.3) is 0 Å². The quantitative estimate of drug-likeness (QED) is 0.781. The maximum absolute atomic E-state index is 11.8. The normalized spacial score (nSPS) is 15.8. The minimum Gasteiger partial charge on any atom is -0.444 e. The van der Waals surface area contributed by atoms with E-state index < -0.39 is 12.7 Å². The molecule has 1 aromatic rings. The van der Waals surface area contributed by atoms with Gasteiger partial charge in [0.05, 0.1) is 0 Å². The number of ether oxygens (including phenoxy) is 1. The van der Waals surface area contributed by atoms with Crippen LogP contribution in [0, 0.1) is 0 Å². The van der Waals surface area contributed by atoms with Gasteiger partial charge in [-0.25, -0.2) is 4.79 Å². The number of rotatable bonds is 2. The Morgan fingerprint density at radius 1 is 1.35 bits per heavy atom. The lowest BCUT2D eigenvalue weighted by Gasteiger charge is -2.40. The van der Waals surface area contributed by atoms with E-state index in [0.29, 0.717) is 18.6 Å². The van der Waals surface area contributed by atoms with Crippen molar-refractivity contribution >= 4 is 18.7 Å².